The highest BCUT2D eigenvalue weighted by molar-refractivity contribution is 5.66. The molecule has 5 heteroatoms. The van der Waals surface area contributed by atoms with E-state index in [0.717, 1.165) is 19.3 Å². The number of hydrogen-bond acceptors (Lipinski definition) is 4. The van der Waals surface area contributed by atoms with Crippen molar-refractivity contribution in [1.29, 1.82) is 0 Å². The van der Waals surface area contributed by atoms with E-state index in [1.54, 1.807) is 18.2 Å². The zero-order valence-electron chi connectivity index (χ0n) is 18.8. The maximum Gasteiger partial charge on any atom is 0.303 e. The molecule has 144 valence electrons. The van der Waals surface area contributed by atoms with E-state index < -0.39 is 43.4 Å². The van der Waals surface area contributed by atoms with Crippen LogP contribution in [0, 0.1) is 11.8 Å². The number of rotatable bonds is 12. The summed E-state index contributed by atoms with van der Waals surface area (Å²) in [4.78, 5) is 10.9. The van der Waals surface area contributed by atoms with Gasteiger partial charge in [-0.05, 0) is 31.6 Å². The minimum absolute atomic E-state index is 0.210. The smallest absolute Gasteiger partial charge is 0.303 e. The number of carboxylic acid groups (broad SMARTS) is 1. The lowest BCUT2D eigenvalue weighted by Crippen LogP contribution is -2.20. The van der Waals surface area contributed by atoms with Crippen LogP contribution in [0.4, 0.5) is 0 Å². The van der Waals surface area contributed by atoms with Gasteiger partial charge in [-0.2, -0.15) is 0 Å². The van der Waals surface area contributed by atoms with Crippen molar-refractivity contribution in [2.24, 2.45) is 11.8 Å². The number of carbonyl (C=O) groups is 1. The minimum Gasteiger partial charge on any atom is -0.481 e. The maximum atomic E-state index is 10.9. The van der Waals surface area contributed by atoms with Crippen LogP contribution in [0.3, 0.4) is 0 Å². The summed E-state index contributed by atoms with van der Waals surface area (Å²) in [6.07, 6.45) is 2.42. The molecule has 0 bridgehead atoms. The van der Waals surface area contributed by atoms with Gasteiger partial charge in [0, 0.05) is 24.2 Å². The SMILES string of the molecule is [2H]C([2H])(C/C=C\C[C@@H]1[C@@H](/C=C/[C@@H](O)CCCCC)[C@@H](O)C[C@@H]1O)C([2H])([2H])C(=O)O. The van der Waals surface area contributed by atoms with Crippen molar-refractivity contribution in [3.8, 4) is 0 Å². The second-order valence-electron chi connectivity index (χ2n) is 6.58. The first-order valence-corrected chi connectivity index (χ1v) is 9.05. The highest BCUT2D eigenvalue weighted by Gasteiger charge is 2.39. The molecule has 0 aliphatic heterocycles. The van der Waals surface area contributed by atoms with Crippen LogP contribution in [-0.4, -0.2) is 44.7 Å². The van der Waals surface area contributed by atoms with E-state index in [4.69, 9.17) is 10.6 Å². The summed E-state index contributed by atoms with van der Waals surface area (Å²) in [6.45, 7) is 2.08. The first-order valence-electron chi connectivity index (χ1n) is 11.0. The molecule has 1 aliphatic rings. The third-order valence-corrected chi connectivity index (χ3v) is 4.56. The van der Waals surface area contributed by atoms with Gasteiger partial charge < -0.3 is 20.4 Å². The summed E-state index contributed by atoms with van der Waals surface area (Å²) in [6, 6.07) is 0. The second-order valence-corrected chi connectivity index (χ2v) is 6.58. The fourth-order valence-electron chi connectivity index (χ4n) is 3.18. The highest BCUT2D eigenvalue weighted by Crippen LogP contribution is 2.36. The van der Waals surface area contributed by atoms with Crippen molar-refractivity contribution in [2.75, 3.05) is 0 Å². The molecule has 0 aromatic heterocycles. The summed E-state index contributed by atoms with van der Waals surface area (Å²) < 4.78 is 30.1. The number of carboxylic acids is 1. The number of unbranched alkanes of at least 4 members (excludes halogenated alkanes) is 2. The zero-order chi connectivity index (χ0) is 22.2. The van der Waals surface area contributed by atoms with Crippen molar-refractivity contribution in [2.45, 2.75) is 82.9 Å². The molecular formula is C20H34O5. The Hall–Kier alpha value is -1.17. The van der Waals surface area contributed by atoms with Gasteiger partial charge >= 0.3 is 5.97 Å². The first-order chi connectivity index (χ1) is 13.4. The molecule has 1 rings (SSSR count). The van der Waals surface area contributed by atoms with Gasteiger partial charge in [0.1, 0.15) is 0 Å². The van der Waals surface area contributed by atoms with Gasteiger partial charge in [0.15, 0.2) is 0 Å². The number of allylic oxidation sites excluding steroid dienone is 2. The van der Waals surface area contributed by atoms with Crippen LogP contribution in [-0.2, 0) is 4.79 Å². The van der Waals surface area contributed by atoms with Crippen molar-refractivity contribution < 1.29 is 30.7 Å². The summed E-state index contributed by atoms with van der Waals surface area (Å²) in [5.74, 6) is -2.52. The van der Waals surface area contributed by atoms with Gasteiger partial charge in [0.2, 0.25) is 0 Å². The van der Waals surface area contributed by atoms with E-state index in [2.05, 4.69) is 6.92 Å². The normalized spacial score (nSPS) is 31.7. The molecule has 0 saturated heterocycles. The minimum atomic E-state index is -3.01. The average molecular weight is 359 g/mol. The number of aliphatic carboxylic acids is 1. The maximum absolute atomic E-state index is 10.9. The Kier molecular flexibility index (Phi) is 7.84. The van der Waals surface area contributed by atoms with Crippen molar-refractivity contribution in [3.05, 3.63) is 24.3 Å². The van der Waals surface area contributed by atoms with Gasteiger partial charge in [-0.3, -0.25) is 4.79 Å². The summed E-state index contributed by atoms with van der Waals surface area (Å²) in [7, 11) is 0. The van der Waals surface area contributed by atoms with Gasteiger partial charge in [-0.1, -0.05) is 50.5 Å². The van der Waals surface area contributed by atoms with Gasteiger partial charge in [-0.25, -0.2) is 0 Å². The van der Waals surface area contributed by atoms with Crippen LogP contribution >= 0.6 is 0 Å². The Labute approximate surface area is 156 Å². The van der Waals surface area contributed by atoms with Gasteiger partial charge in [-0.15, -0.1) is 0 Å². The Morgan fingerprint density at radius 1 is 1.28 bits per heavy atom. The van der Waals surface area contributed by atoms with E-state index in [9.17, 15) is 20.1 Å². The Morgan fingerprint density at radius 2 is 2.04 bits per heavy atom. The van der Waals surface area contributed by atoms with E-state index in [0.29, 0.717) is 12.8 Å². The highest BCUT2D eigenvalue weighted by atomic mass is 16.4. The van der Waals surface area contributed by atoms with E-state index in [-0.39, 0.29) is 18.3 Å². The number of hydrogen-bond donors (Lipinski definition) is 4. The van der Waals surface area contributed by atoms with Crippen molar-refractivity contribution in [3.63, 3.8) is 0 Å². The summed E-state index contributed by atoms with van der Waals surface area (Å²) in [5.41, 5.74) is 0. The van der Waals surface area contributed by atoms with Crippen molar-refractivity contribution >= 4 is 5.97 Å². The standard InChI is InChI=1S/C20H34O5/c1-2-3-6-9-15(21)12-13-17-16(18(22)14-19(17)23)10-7-4-5-8-11-20(24)25/h4,7,12-13,15-19,21-23H,2-3,5-6,8-11,14H2,1H3,(H,24,25)/b7-4-,13-12+/t15-,16+,17+,18-,19-/m0/s1/i8D2,11D2. The van der Waals surface area contributed by atoms with Gasteiger partial charge in [0.05, 0.1) is 18.3 Å². The third kappa shape index (κ3) is 8.66. The number of aliphatic hydroxyl groups is 3. The average Bonchev–Trinajstić information content (AvgIpc) is 2.89. The molecule has 0 unspecified atom stereocenters. The largest absolute Gasteiger partial charge is 0.481 e. The third-order valence-electron chi connectivity index (χ3n) is 4.56. The number of aliphatic hydroxyl groups excluding tert-OH is 3. The molecule has 4 N–H and O–H groups in total. The molecule has 5 nitrogen and oxygen atoms in total. The molecule has 1 aliphatic carbocycles. The Morgan fingerprint density at radius 3 is 2.72 bits per heavy atom. The summed E-state index contributed by atoms with van der Waals surface area (Å²) >= 11 is 0. The molecule has 0 radical (unpaired) electrons. The van der Waals surface area contributed by atoms with Crippen LogP contribution in [0.1, 0.15) is 70.1 Å². The molecule has 1 saturated carbocycles. The monoisotopic (exact) mass is 358 g/mol. The lowest BCUT2D eigenvalue weighted by molar-refractivity contribution is -0.137. The van der Waals surface area contributed by atoms with Crippen LogP contribution < -0.4 is 0 Å². The predicted octanol–water partition coefficient (Wildman–Crippen LogP) is 3.04. The van der Waals surface area contributed by atoms with Crippen LogP contribution in [0.15, 0.2) is 24.3 Å². The van der Waals surface area contributed by atoms with E-state index >= 15 is 0 Å². The van der Waals surface area contributed by atoms with Crippen molar-refractivity contribution in [1.82, 2.24) is 0 Å². The van der Waals surface area contributed by atoms with Crippen LogP contribution in [0.2, 0.25) is 0 Å². The fraction of sp³-hybridized carbons (Fsp3) is 0.750. The summed E-state index contributed by atoms with van der Waals surface area (Å²) in [5, 5.41) is 39.3. The molecule has 0 aromatic rings. The molecule has 0 amide bonds. The lowest BCUT2D eigenvalue weighted by Gasteiger charge is -2.19. The molecule has 0 aromatic carbocycles. The quantitative estimate of drug-likeness (QED) is 0.317. The first kappa shape index (κ1) is 16.0. The van der Waals surface area contributed by atoms with E-state index in [1.807, 2.05) is 0 Å². The molecule has 5 atom stereocenters. The topological polar surface area (TPSA) is 98.0 Å². The zero-order valence-corrected chi connectivity index (χ0v) is 14.8. The van der Waals surface area contributed by atoms with E-state index in [1.165, 1.54) is 6.08 Å². The molecule has 0 heterocycles. The van der Waals surface area contributed by atoms with Gasteiger partial charge in [0.25, 0.3) is 0 Å². The Bertz CT molecular complexity index is 579. The predicted molar refractivity (Wildman–Crippen MR) is 98.1 cm³/mol. The molecule has 1 fully saturated rings. The van der Waals surface area contributed by atoms with Crippen LogP contribution in [0.25, 0.3) is 0 Å². The van der Waals surface area contributed by atoms with Crippen LogP contribution in [0.5, 0.6) is 0 Å². The lowest BCUT2D eigenvalue weighted by atomic mass is 9.89. The molecular weight excluding hydrogens is 320 g/mol. The second kappa shape index (κ2) is 12.2. The molecule has 0 spiro atoms. The Balaban J connectivity index is 2.68. The fourth-order valence-corrected chi connectivity index (χ4v) is 3.18. The molecule has 25 heavy (non-hydrogen) atoms.